The van der Waals surface area contributed by atoms with Gasteiger partial charge in [-0.15, -0.1) is 0 Å². The summed E-state index contributed by atoms with van der Waals surface area (Å²) in [5.41, 5.74) is 5.59. The van der Waals surface area contributed by atoms with Crippen LogP contribution >= 0.6 is 0 Å². The molecular formula is C26H26FN3O2S. The minimum Gasteiger partial charge on any atom is -0.309 e. The van der Waals surface area contributed by atoms with Crippen LogP contribution < -0.4 is 4.90 Å². The van der Waals surface area contributed by atoms with Crippen LogP contribution in [0, 0.1) is 16.5 Å². The Kier molecular flexibility index (Phi) is 5.32. The number of nitrogens with one attached hydrogen (secondary N) is 1. The van der Waals surface area contributed by atoms with E-state index in [9.17, 15) is 13.4 Å². The van der Waals surface area contributed by atoms with Gasteiger partial charge in [0.15, 0.2) is 0 Å². The fourth-order valence-corrected chi connectivity index (χ4v) is 6.03. The molecule has 0 saturated heterocycles. The maximum atomic E-state index is 14.6. The minimum atomic E-state index is -3.23. The third-order valence-corrected chi connectivity index (χ3v) is 8.63. The summed E-state index contributed by atoms with van der Waals surface area (Å²) < 4.78 is 35.3. The Bertz CT molecular complexity index is 1360. The molecule has 0 bridgehead atoms. The smallest absolute Gasteiger partial charge is 0.231 e. The summed E-state index contributed by atoms with van der Waals surface area (Å²) in [7, 11) is -3.23. The van der Waals surface area contributed by atoms with Crippen molar-refractivity contribution in [1.29, 1.82) is 4.78 Å². The molecule has 0 fully saturated rings. The van der Waals surface area contributed by atoms with Crippen LogP contribution in [-0.4, -0.2) is 26.9 Å². The van der Waals surface area contributed by atoms with Crippen molar-refractivity contribution in [3.8, 4) is 11.3 Å². The monoisotopic (exact) mass is 463 g/mol. The van der Waals surface area contributed by atoms with Gasteiger partial charge >= 0.3 is 0 Å². The first kappa shape index (κ1) is 21.8. The van der Waals surface area contributed by atoms with Gasteiger partial charge in [-0.25, -0.2) is 13.4 Å². The summed E-state index contributed by atoms with van der Waals surface area (Å²) in [5.74, 6) is -0.787. The standard InChI is InChI=1S/C26H26FN3O2S/c1-3-33(28,32)25-15-24-20(14-22(25)27)10-16(2)30(24)26(31)21-11-17-7-8-18(12-19(17)13-21)23-6-4-5-9-29-23/h4-9,12,14-16,21,28H,3,10-11,13H2,1-2H3/t16?,21-,33+/m1/s1. The van der Waals surface area contributed by atoms with Crippen molar-refractivity contribution in [2.75, 3.05) is 10.7 Å². The van der Waals surface area contributed by atoms with E-state index in [4.69, 9.17) is 4.78 Å². The Labute approximate surface area is 193 Å². The molecule has 5 nitrogen and oxygen atoms in total. The van der Waals surface area contributed by atoms with Crippen LogP contribution in [-0.2, 0) is 33.8 Å². The van der Waals surface area contributed by atoms with E-state index < -0.39 is 15.5 Å². The molecule has 1 aromatic heterocycles. The van der Waals surface area contributed by atoms with Crippen molar-refractivity contribution in [3.05, 3.63) is 77.2 Å². The molecule has 1 amide bonds. The quantitative estimate of drug-likeness (QED) is 0.591. The summed E-state index contributed by atoms with van der Waals surface area (Å²) in [6, 6.07) is 14.8. The minimum absolute atomic E-state index is 0.00220. The molecule has 0 radical (unpaired) electrons. The van der Waals surface area contributed by atoms with E-state index in [0.29, 0.717) is 24.9 Å². The molecular weight excluding hydrogens is 437 g/mol. The number of rotatable bonds is 4. The lowest BCUT2D eigenvalue weighted by molar-refractivity contribution is -0.122. The van der Waals surface area contributed by atoms with E-state index in [1.54, 1.807) is 18.0 Å². The highest BCUT2D eigenvalue weighted by atomic mass is 32.2. The molecule has 3 atom stereocenters. The van der Waals surface area contributed by atoms with Crippen molar-refractivity contribution < 1.29 is 13.4 Å². The van der Waals surface area contributed by atoms with Crippen molar-refractivity contribution in [1.82, 2.24) is 4.98 Å². The van der Waals surface area contributed by atoms with Crippen molar-refractivity contribution in [2.45, 2.75) is 44.0 Å². The number of carbonyl (C=O) groups is 1. The number of fused-ring (bicyclic) bond motifs is 2. The van der Waals surface area contributed by atoms with E-state index >= 15 is 0 Å². The molecule has 170 valence electrons. The van der Waals surface area contributed by atoms with Crippen LogP contribution in [0.3, 0.4) is 0 Å². The van der Waals surface area contributed by atoms with Crippen LogP contribution in [0.4, 0.5) is 10.1 Å². The number of carbonyl (C=O) groups excluding carboxylic acids is 1. The van der Waals surface area contributed by atoms with Gasteiger partial charge < -0.3 is 4.90 Å². The number of nitrogens with zero attached hydrogens (tertiary/aromatic N) is 2. The maximum absolute atomic E-state index is 14.6. The Morgan fingerprint density at radius 3 is 2.64 bits per heavy atom. The number of anilines is 1. The van der Waals surface area contributed by atoms with Crippen molar-refractivity contribution >= 4 is 21.3 Å². The molecule has 0 saturated carbocycles. The molecule has 2 aromatic carbocycles. The van der Waals surface area contributed by atoms with Crippen LogP contribution in [0.15, 0.2) is 59.6 Å². The summed E-state index contributed by atoms with van der Waals surface area (Å²) in [4.78, 5) is 19.7. The Balaban J connectivity index is 1.44. The topological polar surface area (TPSA) is 74.1 Å². The van der Waals surface area contributed by atoms with Crippen LogP contribution in [0.5, 0.6) is 0 Å². The van der Waals surface area contributed by atoms with Gasteiger partial charge in [0.05, 0.1) is 20.3 Å². The van der Waals surface area contributed by atoms with Crippen LogP contribution in [0.25, 0.3) is 11.3 Å². The third kappa shape index (κ3) is 3.74. The zero-order valence-electron chi connectivity index (χ0n) is 18.7. The molecule has 2 aliphatic rings. The number of pyridine rings is 1. The van der Waals surface area contributed by atoms with E-state index in [1.807, 2.05) is 31.2 Å². The van der Waals surface area contributed by atoms with Gasteiger partial charge in [0.2, 0.25) is 5.91 Å². The number of amides is 1. The molecule has 1 aliphatic heterocycles. The zero-order valence-corrected chi connectivity index (χ0v) is 19.5. The van der Waals surface area contributed by atoms with Gasteiger partial charge in [0, 0.05) is 35.2 Å². The SMILES string of the molecule is CC[S@](=N)(=O)c1cc2c(cc1F)CC(C)N2C(=O)[C@@H]1Cc2ccc(-c3ccccn3)cc2C1. The molecule has 7 heteroatoms. The number of aromatic nitrogens is 1. The van der Waals surface area contributed by atoms with Crippen LogP contribution in [0.2, 0.25) is 0 Å². The van der Waals surface area contributed by atoms with Crippen molar-refractivity contribution in [3.63, 3.8) is 0 Å². The number of hydrogen-bond acceptors (Lipinski definition) is 4. The average molecular weight is 464 g/mol. The maximum Gasteiger partial charge on any atom is 0.231 e. The van der Waals surface area contributed by atoms with Gasteiger partial charge in [-0.3, -0.25) is 9.78 Å². The molecule has 2 heterocycles. The van der Waals surface area contributed by atoms with Gasteiger partial charge in [0.1, 0.15) is 5.82 Å². The predicted molar refractivity (Wildman–Crippen MR) is 127 cm³/mol. The molecule has 3 aromatic rings. The third-order valence-electron chi connectivity index (χ3n) is 6.80. The highest BCUT2D eigenvalue weighted by Gasteiger charge is 2.38. The summed E-state index contributed by atoms with van der Waals surface area (Å²) >= 11 is 0. The number of hydrogen-bond donors (Lipinski definition) is 1. The van der Waals surface area contributed by atoms with E-state index in [0.717, 1.165) is 22.4 Å². The second kappa shape index (κ2) is 8.06. The lowest BCUT2D eigenvalue weighted by Gasteiger charge is -2.26. The fourth-order valence-electron chi connectivity index (χ4n) is 5.05. The van der Waals surface area contributed by atoms with Crippen LogP contribution in [0.1, 0.15) is 30.5 Å². The molecule has 33 heavy (non-hydrogen) atoms. The summed E-state index contributed by atoms with van der Waals surface area (Å²) in [5, 5.41) is 0. The highest BCUT2D eigenvalue weighted by Crippen LogP contribution is 2.39. The molecule has 1 aliphatic carbocycles. The normalized spacial score (nSPS) is 20.9. The second-order valence-electron chi connectivity index (χ2n) is 8.94. The van der Waals surface area contributed by atoms with Gasteiger partial charge in [-0.2, -0.15) is 0 Å². The van der Waals surface area contributed by atoms with E-state index in [1.165, 1.54) is 17.7 Å². The first-order chi connectivity index (χ1) is 15.8. The Morgan fingerprint density at radius 1 is 1.12 bits per heavy atom. The Morgan fingerprint density at radius 2 is 1.91 bits per heavy atom. The average Bonchev–Trinajstić information content (AvgIpc) is 3.38. The molecule has 0 spiro atoms. The lowest BCUT2D eigenvalue weighted by Crippen LogP contribution is -2.40. The number of halogens is 1. The fraction of sp³-hybridized carbons (Fsp3) is 0.308. The zero-order chi connectivity index (χ0) is 23.3. The lowest BCUT2D eigenvalue weighted by atomic mass is 10.0. The van der Waals surface area contributed by atoms with Gasteiger partial charge in [-0.1, -0.05) is 25.1 Å². The largest absolute Gasteiger partial charge is 0.309 e. The molecule has 1 unspecified atom stereocenters. The summed E-state index contributed by atoms with van der Waals surface area (Å²) in [6.07, 6.45) is 3.62. The van der Waals surface area contributed by atoms with Crippen molar-refractivity contribution in [2.24, 2.45) is 5.92 Å². The first-order valence-corrected chi connectivity index (χ1v) is 13.0. The van der Waals surface area contributed by atoms with E-state index in [-0.39, 0.29) is 28.5 Å². The molecule has 1 N–H and O–H groups in total. The molecule has 5 rings (SSSR count). The van der Waals surface area contributed by atoms with Gasteiger partial charge in [-0.05, 0) is 73.2 Å². The van der Waals surface area contributed by atoms with Gasteiger partial charge in [0.25, 0.3) is 0 Å². The first-order valence-electron chi connectivity index (χ1n) is 11.2. The Hall–Kier alpha value is -3.06. The highest BCUT2D eigenvalue weighted by molar-refractivity contribution is 7.92. The van der Waals surface area contributed by atoms with E-state index in [2.05, 4.69) is 17.1 Å². The summed E-state index contributed by atoms with van der Waals surface area (Å²) in [6.45, 7) is 3.57. The second-order valence-corrected chi connectivity index (χ2v) is 11.3. The number of benzene rings is 2. The predicted octanol–water partition coefficient (Wildman–Crippen LogP) is 5.01.